The second-order valence-corrected chi connectivity index (χ2v) is 5.74. The number of aromatic amines is 1. The second kappa shape index (κ2) is 6.07. The summed E-state index contributed by atoms with van der Waals surface area (Å²) in [7, 11) is 0. The summed E-state index contributed by atoms with van der Waals surface area (Å²) in [6.45, 7) is 5.77. The first-order valence-corrected chi connectivity index (χ1v) is 7.51. The number of carbonyl (C=O) groups is 1. The zero-order valence-corrected chi connectivity index (χ0v) is 13.3. The molecule has 5 nitrogen and oxygen atoms in total. The number of allylic oxidation sites excluding steroid dienone is 3. The highest BCUT2D eigenvalue weighted by molar-refractivity contribution is 6.02. The van der Waals surface area contributed by atoms with Crippen molar-refractivity contribution in [2.75, 3.05) is 0 Å². The van der Waals surface area contributed by atoms with E-state index < -0.39 is 0 Å². The minimum absolute atomic E-state index is 0.0864. The van der Waals surface area contributed by atoms with Crippen molar-refractivity contribution < 1.29 is 4.79 Å². The predicted octanol–water partition coefficient (Wildman–Crippen LogP) is 3.23. The molecule has 0 fully saturated rings. The van der Waals surface area contributed by atoms with Crippen LogP contribution in [0.3, 0.4) is 0 Å². The zero-order valence-electron chi connectivity index (χ0n) is 13.3. The molecule has 0 bridgehead atoms. The van der Waals surface area contributed by atoms with Crippen molar-refractivity contribution in [2.24, 2.45) is 4.99 Å². The first-order chi connectivity index (χ1) is 11.0. The third kappa shape index (κ3) is 3.15. The average Bonchev–Trinajstić information content (AvgIpc) is 2.81. The van der Waals surface area contributed by atoms with Gasteiger partial charge in [0.15, 0.2) is 0 Å². The number of amides is 1. The number of carbonyl (C=O) groups excluding carboxylic acids is 1. The Labute approximate surface area is 134 Å². The van der Waals surface area contributed by atoms with Crippen molar-refractivity contribution in [3.05, 3.63) is 53.0 Å². The summed E-state index contributed by atoms with van der Waals surface area (Å²) < 4.78 is 0. The summed E-state index contributed by atoms with van der Waals surface area (Å²) in [5.74, 6) is -0.0864. The van der Waals surface area contributed by atoms with Crippen LogP contribution in [0.25, 0.3) is 16.5 Å². The lowest BCUT2D eigenvalue weighted by atomic mass is 10.0. The van der Waals surface area contributed by atoms with Gasteiger partial charge in [0.05, 0.1) is 11.2 Å². The zero-order chi connectivity index (χ0) is 16.4. The fourth-order valence-electron chi connectivity index (χ4n) is 2.37. The molecule has 5 heteroatoms. The number of nitrogens with zero attached hydrogens (tertiary/aromatic N) is 2. The van der Waals surface area contributed by atoms with Crippen molar-refractivity contribution in [3.63, 3.8) is 0 Å². The monoisotopic (exact) mass is 306 g/mol. The van der Waals surface area contributed by atoms with Crippen LogP contribution in [0, 0.1) is 0 Å². The van der Waals surface area contributed by atoms with Gasteiger partial charge in [-0.1, -0.05) is 5.73 Å². The summed E-state index contributed by atoms with van der Waals surface area (Å²) in [5.41, 5.74) is 7.11. The average molecular weight is 306 g/mol. The molecule has 0 radical (unpaired) electrons. The Kier molecular flexibility index (Phi) is 3.96. The molecule has 1 aliphatic heterocycles. The first-order valence-electron chi connectivity index (χ1n) is 7.51. The van der Waals surface area contributed by atoms with Crippen molar-refractivity contribution in [2.45, 2.75) is 26.8 Å². The van der Waals surface area contributed by atoms with Gasteiger partial charge in [-0.3, -0.25) is 14.9 Å². The summed E-state index contributed by atoms with van der Waals surface area (Å²) in [4.78, 5) is 16.4. The lowest BCUT2D eigenvalue weighted by Gasteiger charge is -2.08. The Morgan fingerprint density at radius 2 is 2.17 bits per heavy atom. The number of hydrogen-bond donors (Lipinski definition) is 2. The highest BCUT2D eigenvalue weighted by Gasteiger charge is 2.13. The standard InChI is InChI=1S/C18H18N4O/c1-11(2)20-18(23)14-6-7-16-15(10-14)17(22-21-16)13-5-4-12(3)19-9-8-13/h5-11H,1-3H3,(H,20,23)(H,21,22). The van der Waals surface area contributed by atoms with Gasteiger partial charge in [0, 0.05) is 28.8 Å². The largest absolute Gasteiger partial charge is 0.350 e. The summed E-state index contributed by atoms with van der Waals surface area (Å²) in [6.07, 6.45) is 5.48. The Balaban J connectivity index is 2.06. The maximum atomic E-state index is 12.2. The quantitative estimate of drug-likeness (QED) is 0.855. The molecule has 1 aromatic carbocycles. The number of fused-ring (bicyclic) bond motifs is 1. The lowest BCUT2D eigenvalue weighted by molar-refractivity contribution is 0.0943. The maximum Gasteiger partial charge on any atom is 0.251 e. The number of hydrogen-bond acceptors (Lipinski definition) is 3. The van der Waals surface area contributed by atoms with Crippen LogP contribution in [0.4, 0.5) is 0 Å². The molecule has 116 valence electrons. The van der Waals surface area contributed by atoms with Crippen LogP contribution >= 0.6 is 0 Å². The molecule has 0 atom stereocenters. The maximum absolute atomic E-state index is 12.2. The lowest BCUT2D eigenvalue weighted by Crippen LogP contribution is -2.29. The molecule has 0 saturated heterocycles. The van der Waals surface area contributed by atoms with E-state index >= 15 is 0 Å². The molecule has 1 amide bonds. The molecule has 2 aromatic rings. The van der Waals surface area contributed by atoms with Gasteiger partial charge < -0.3 is 5.32 Å². The molecular formula is C18H18N4O. The van der Waals surface area contributed by atoms with Crippen molar-refractivity contribution >= 4 is 28.6 Å². The van der Waals surface area contributed by atoms with Crippen LogP contribution in [0.2, 0.25) is 0 Å². The third-order valence-electron chi connectivity index (χ3n) is 3.48. The smallest absolute Gasteiger partial charge is 0.251 e. The molecule has 1 aromatic heterocycles. The summed E-state index contributed by atoms with van der Waals surface area (Å²) >= 11 is 0. The van der Waals surface area contributed by atoms with Crippen LogP contribution in [0.5, 0.6) is 0 Å². The number of H-pyrrole nitrogens is 1. The van der Waals surface area contributed by atoms with Crippen LogP contribution < -0.4 is 5.32 Å². The van der Waals surface area contributed by atoms with Gasteiger partial charge in [-0.15, -0.1) is 0 Å². The van der Waals surface area contributed by atoms with E-state index in [0.29, 0.717) is 5.56 Å². The third-order valence-corrected chi connectivity index (χ3v) is 3.48. The molecule has 2 N–H and O–H groups in total. The number of nitrogens with one attached hydrogen (secondary N) is 2. The van der Waals surface area contributed by atoms with E-state index in [9.17, 15) is 4.79 Å². The molecule has 3 rings (SSSR count). The summed E-state index contributed by atoms with van der Waals surface area (Å²) in [6, 6.07) is 5.63. The van der Waals surface area contributed by atoms with Crippen LogP contribution in [0.15, 0.2) is 46.8 Å². The van der Waals surface area contributed by atoms with E-state index in [-0.39, 0.29) is 11.9 Å². The van der Waals surface area contributed by atoms with E-state index in [2.05, 4.69) is 26.2 Å². The summed E-state index contributed by atoms with van der Waals surface area (Å²) in [5, 5.41) is 11.2. The van der Waals surface area contributed by atoms with E-state index in [1.807, 2.05) is 45.1 Å². The molecule has 2 heterocycles. The number of aromatic nitrogens is 2. The molecule has 0 unspecified atom stereocenters. The number of benzene rings is 1. The van der Waals surface area contributed by atoms with Gasteiger partial charge in [0.2, 0.25) is 0 Å². The highest BCUT2D eigenvalue weighted by Crippen LogP contribution is 2.25. The minimum atomic E-state index is -0.0864. The van der Waals surface area contributed by atoms with Gasteiger partial charge in [-0.25, -0.2) is 0 Å². The van der Waals surface area contributed by atoms with Crippen LogP contribution in [-0.4, -0.2) is 28.4 Å². The molecule has 0 aliphatic carbocycles. The van der Waals surface area contributed by atoms with Crippen molar-refractivity contribution in [1.82, 2.24) is 15.5 Å². The highest BCUT2D eigenvalue weighted by atomic mass is 16.1. The Bertz CT molecular complexity index is 893. The fourth-order valence-corrected chi connectivity index (χ4v) is 2.37. The number of rotatable bonds is 3. The van der Waals surface area contributed by atoms with Gasteiger partial charge in [0.25, 0.3) is 5.91 Å². The molecule has 0 spiro atoms. The molecular weight excluding hydrogens is 288 g/mol. The first kappa shape index (κ1) is 15.0. The van der Waals surface area contributed by atoms with Crippen LogP contribution in [-0.2, 0) is 0 Å². The molecule has 1 aliphatic rings. The van der Waals surface area contributed by atoms with Gasteiger partial charge in [-0.05, 0) is 51.1 Å². The fraction of sp³-hybridized carbons (Fsp3) is 0.222. The number of aliphatic imine (C=N–C) groups is 1. The normalized spacial score (nSPS) is 13.9. The SMILES string of the molecule is CC1=C=CC(c2n[nH]c3ccc(C(=O)NC(C)C)cc23)=CC=N1. The van der Waals surface area contributed by atoms with Gasteiger partial charge >= 0.3 is 0 Å². The van der Waals surface area contributed by atoms with Crippen LogP contribution in [0.1, 0.15) is 36.8 Å². The Hall–Kier alpha value is -2.91. The second-order valence-electron chi connectivity index (χ2n) is 5.74. The predicted molar refractivity (Wildman–Crippen MR) is 92.4 cm³/mol. The molecule has 0 saturated carbocycles. The topological polar surface area (TPSA) is 70.1 Å². The van der Waals surface area contributed by atoms with Crippen molar-refractivity contribution in [1.29, 1.82) is 0 Å². The minimum Gasteiger partial charge on any atom is -0.350 e. The van der Waals surface area contributed by atoms with E-state index in [1.165, 1.54) is 0 Å². The molecule has 23 heavy (non-hydrogen) atoms. The Morgan fingerprint density at radius 3 is 2.96 bits per heavy atom. The van der Waals surface area contributed by atoms with E-state index in [0.717, 1.165) is 27.9 Å². The van der Waals surface area contributed by atoms with E-state index in [1.54, 1.807) is 12.3 Å². The van der Waals surface area contributed by atoms with Gasteiger partial charge in [-0.2, -0.15) is 5.10 Å². The van der Waals surface area contributed by atoms with Gasteiger partial charge in [0.1, 0.15) is 5.69 Å². The van der Waals surface area contributed by atoms with E-state index in [4.69, 9.17) is 0 Å². The Morgan fingerprint density at radius 1 is 1.35 bits per heavy atom. The van der Waals surface area contributed by atoms with Crippen molar-refractivity contribution in [3.8, 4) is 0 Å².